The van der Waals surface area contributed by atoms with Gasteiger partial charge in [0.2, 0.25) is 5.91 Å². The first-order valence-corrected chi connectivity index (χ1v) is 8.73. The third-order valence-corrected chi connectivity index (χ3v) is 4.29. The van der Waals surface area contributed by atoms with Gasteiger partial charge < -0.3 is 5.32 Å². The van der Waals surface area contributed by atoms with E-state index in [1.807, 2.05) is 42.5 Å². The molecule has 1 N–H and O–H groups in total. The van der Waals surface area contributed by atoms with Crippen molar-refractivity contribution >= 4 is 11.6 Å². The van der Waals surface area contributed by atoms with E-state index in [-0.39, 0.29) is 12.1 Å². The van der Waals surface area contributed by atoms with Crippen LogP contribution in [0, 0.1) is 11.3 Å². The molecule has 28 heavy (non-hydrogen) atoms. The van der Waals surface area contributed by atoms with Crippen molar-refractivity contribution in [3.63, 3.8) is 0 Å². The van der Waals surface area contributed by atoms with Gasteiger partial charge >= 0.3 is 5.69 Å². The molecule has 0 aliphatic heterocycles. The number of hydrogen-bond acceptors (Lipinski definition) is 4. The Bertz CT molecular complexity index is 1170. The zero-order valence-corrected chi connectivity index (χ0v) is 15.3. The van der Waals surface area contributed by atoms with Crippen molar-refractivity contribution in [2.45, 2.75) is 20.0 Å². The van der Waals surface area contributed by atoms with Crippen LogP contribution in [0.3, 0.4) is 0 Å². The Morgan fingerprint density at radius 3 is 2.43 bits per heavy atom. The molecule has 0 saturated carbocycles. The number of rotatable bonds is 5. The standard InChI is InChI=1S/C21H18N4O3/c1-2-24-13-16(12-22)20(27)25(21(24)28)14-19(26)23-18-11-7-6-10-17(18)15-8-4-3-5-9-15/h3-11,13H,2,14H2,1H3,(H,23,26). The summed E-state index contributed by atoms with van der Waals surface area (Å²) in [5.41, 5.74) is 0.732. The number of aromatic nitrogens is 2. The minimum Gasteiger partial charge on any atom is -0.324 e. The van der Waals surface area contributed by atoms with E-state index in [2.05, 4.69) is 5.32 Å². The Morgan fingerprint density at radius 1 is 1.07 bits per heavy atom. The van der Waals surface area contributed by atoms with E-state index in [1.165, 1.54) is 10.8 Å². The molecule has 0 atom stereocenters. The average Bonchev–Trinajstić information content (AvgIpc) is 2.72. The van der Waals surface area contributed by atoms with Gasteiger partial charge in [0.15, 0.2) is 0 Å². The van der Waals surface area contributed by atoms with E-state index in [9.17, 15) is 14.4 Å². The quantitative estimate of drug-likeness (QED) is 0.740. The van der Waals surface area contributed by atoms with Gasteiger partial charge in [0, 0.05) is 24.0 Å². The molecule has 0 unspecified atom stereocenters. The fraction of sp³-hybridized carbons (Fsp3) is 0.143. The van der Waals surface area contributed by atoms with E-state index in [1.54, 1.807) is 25.1 Å². The molecule has 140 valence electrons. The Balaban J connectivity index is 1.92. The zero-order chi connectivity index (χ0) is 20.1. The maximum atomic E-state index is 12.6. The van der Waals surface area contributed by atoms with Gasteiger partial charge in [0.25, 0.3) is 5.56 Å². The predicted octanol–water partition coefficient (Wildman–Crippen LogP) is 2.21. The maximum Gasteiger partial charge on any atom is 0.331 e. The SMILES string of the molecule is CCn1cc(C#N)c(=O)n(CC(=O)Nc2ccccc2-c2ccccc2)c1=O. The summed E-state index contributed by atoms with van der Waals surface area (Å²) >= 11 is 0. The second kappa shape index (κ2) is 8.18. The molecule has 0 bridgehead atoms. The summed E-state index contributed by atoms with van der Waals surface area (Å²) in [7, 11) is 0. The Morgan fingerprint density at radius 2 is 1.75 bits per heavy atom. The Hall–Kier alpha value is -3.92. The molecule has 3 rings (SSSR count). The smallest absolute Gasteiger partial charge is 0.324 e. The van der Waals surface area contributed by atoms with Gasteiger partial charge in [-0.05, 0) is 18.6 Å². The fourth-order valence-electron chi connectivity index (χ4n) is 2.89. The minimum absolute atomic E-state index is 0.182. The molecule has 0 aliphatic rings. The lowest BCUT2D eigenvalue weighted by Crippen LogP contribution is -2.43. The van der Waals surface area contributed by atoms with Crippen LogP contribution in [-0.2, 0) is 17.9 Å². The molecule has 0 aliphatic carbocycles. The number of anilines is 1. The number of nitriles is 1. The number of aryl methyl sites for hydroxylation is 1. The van der Waals surface area contributed by atoms with E-state index in [4.69, 9.17) is 5.26 Å². The second-order valence-corrected chi connectivity index (χ2v) is 6.07. The Kier molecular flexibility index (Phi) is 5.51. The molecule has 3 aromatic rings. The van der Waals surface area contributed by atoms with Gasteiger partial charge in [-0.3, -0.25) is 14.2 Å². The molecule has 0 saturated heterocycles. The topological polar surface area (TPSA) is 96.9 Å². The summed E-state index contributed by atoms with van der Waals surface area (Å²) in [4.78, 5) is 37.3. The van der Waals surface area contributed by atoms with E-state index in [0.29, 0.717) is 5.69 Å². The number of carbonyl (C=O) groups excluding carboxylic acids is 1. The number of carbonyl (C=O) groups is 1. The van der Waals surface area contributed by atoms with Crippen molar-refractivity contribution in [1.29, 1.82) is 5.26 Å². The molecule has 7 heteroatoms. The van der Waals surface area contributed by atoms with Gasteiger partial charge in [-0.15, -0.1) is 0 Å². The summed E-state index contributed by atoms with van der Waals surface area (Å²) < 4.78 is 2.01. The first kappa shape index (κ1) is 18.9. The van der Waals surface area contributed by atoms with Crippen LogP contribution in [-0.4, -0.2) is 15.0 Å². The van der Waals surface area contributed by atoms with E-state index >= 15 is 0 Å². The predicted molar refractivity (Wildman–Crippen MR) is 106 cm³/mol. The van der Waals surface area contributed by atoms with Crippen LogP contribution >= 0.6 is 0 Å². The number of amides is 1. The number of nitrogens with one attached hydrogen (secondary N) is 1. The second-order valence-electron chi connectivity index (χ2n) is 6.07. The van der Waals surface area contributed by atoms with Crippen molar-refractivity contribution in [1.82, 2.24) is 9.13 Å². The monoisotopic (exact) mass is 374 g/mol. The zero-order valence-electron chi connectivity index (χ0n) is 15.3. The number of para-hydroxylation sites is 1. The van der Waals surface area contributed by atoms with E-state index < -0.39 is 23.7 Å². The highest BCUT2D eigenvalue weighted by Gasteiger charge is 2.15. The van der Waals surface area contributed by atoms with Gasteiger partial charge in [-0.2, -0.15) is 5.26 Å². The molecule has 0 fully saturated rings. The molecular weight excluding hydrogens is 356 g/mol. The van der Waals surface area contributed by atoms with Crippen LogP contribution in [0.1, 0.15) is 12.5 Å². The minimum atomic E-state index is -0.774. The summed E-state index contributed by atoms with van der Waals surface area (Å²) in [6.45, 7) is 1.52. The summed E-state index contributed by atoms with van der Waals surface area (Å²) in [5, 5.41) is 11.9. The number of nitrogens with zero attached hydrogens (tertiary/aromatic N) is 3. The molecule has 1 heterocycles. The maximum absolute atomic E-state index is 12.6. The summed E-state index contributed by atoms with van der Waals surface area (Å²) in [6.07, 6.45) is 1.21. The molecule has 2 aromatic carbocycles. The third-order valence-electron chi connectivity index (χ3n) is 4.29. The Labute approximate surface area is 161 Å². The largest absolute Gasteiger partial charge is 0.331 e. The van der Waals surface area contributed by atoms with Gasteiger partial charge in [-0.25, -0.2) is 9.36 Å². The van der Waals surface area contributed by atoms with Gasteiger partial charge in [0.05, 0.1) is 0 Å². The van der Waals surface area contributed by atoms with Crippen molar-refractivity contribution < 1.29 is 4.79 Å². The van der Waals surface area contributed by atoms with Crippen molar-refractivity contribution in [3.05, 3.63) is 87.2 Å². The molecule has 0 radical (unpaired) electrons. The summed E-state index contributed by atoms with van der Waals surface area (Å²) in [6, 6.07) is 18.6. The number of hydrogen-bond donors (Lipinski definition) is 1. The third kappa shape index (κ3) is 3.76. The van der Waals surface area contributed by atoms with Crippen LogP contribution in [0.2, 0.25) is 0 Å². The number of benzene rings is 2. The van der Waals surface area contributed by atoms with Gasteiger partial charge in [0.1, 0.15) is 18.2 Å². The van der Waals surface area contributed by atoms with Crippen LogP contribution in [0.15, 0.2) is 70.4 Å². The van der Waals surface area contributed by atoms with Crippen molar-refractivity contribution in [2.75, 3.05) is 5.32 Å². The lowest BCUT2D eigenvalue weighted by molar-refractivity contribution is -0.116. The average molecular weight is 374 g/mol. The first-order valence-electron chi connectivity index (χ1n) is 8.73. The van der Waals surface area contributed by atoms with Crippen molar-refractivity contribution in [3.8, 4) is 17.2 Å². The van der Waals surface area contributed by atoms with Crippen LogP contribution in [0.5, 0.6) is 0 Å². The first-order chi connectivity index (χ1) is 13.5. The van der Waals surface area contributed by atoms with Crippen LogP contribution in [0.25, 0.3) is 11.1 Å². The van der Waals surface area contributed by atoms with Crippen LogP contribution < -0.4 is 16.6 Å². The molecule has 7 nitrogen and oxygen atoms in total. The molecule has 0 spiro atoms. The van der Waals surface area contributed by atoms with Gasteiger partial charge in [-0.1, -0.05) is 48.5 Å². The molecule has 1 aromatic heterocycles. The lowest BCUT2D eigenvalue weighted by Gasteiger charge is -2.13. The summed E-state index contributed by atoms with van der Waals surface area (Å²) in [5.74, 6) is -0.527. The highest BCUT2D eigenvalue weighted by Crippen LogP contribution is 2.27. The normalized spacial score (nSPS) is 10.3. The van der Waals surface area contributed by atoms with Crippen molar-refractivity contribution in [2.24, 2.45) is 0 Å². The lowest BCUT2D eigenvalue weighted by atomic mass is 10.0. The van der Waals surface area contributed by atoms with E-state index in [0.717, 1.165) is 15.7 Å². The fourth-order valence-corrected chi connectivity index (χ4v) is 2.89. The molecular formula is C21H18N4O3. The highest BCUT2D eigenvalue weighted by atomic mass is 16.2. The highest BCUT2D eigenvalue weighted by molar-refractivity contribution is 5.95. The molecule has 1 amide bonds. The van der Waals surface area contributed by atoms with Crippen LogP contribution in [0.4, 0.5) is 5.69 Å².